The Bertz CT molecular complexity index is 5200. The minimum Gasteiger partial charge on any atom is -0.465 e. The maximum Gasteiger partial charge on any atom is 0.337 e. The second-order valence-electron chi connectivity index (χ2n) is 27.8. The van der Waals surface area contributed by atoms with Gasteiger partial charge in [0.05, 0.1) is 25.3 Å². The molecule has 14 aromatic rings. The largest absolute Gasteiger partial charge is 0.465 e. The molecule has 0 aliphatic rings. The normalized spacial score (nSPS) is 10.8. The van der Waals surface area contributed by atoms with Crippen molar-refractivity contribution >= 4 is 24.9 Å². The van der Waals surface area contributed by atoms with E-state index in [-0.39, 0.29) is 36.0 Å². The lowest BCUT2D eigenvalue weighted by molar-refractivity contribution is -0.129. The molecule has 0 bridgehead atoms. The summed E-state index contributed by atoms with van der Waals surface area (Å²) < 4.78 is 58.9. The quantitative estimate of drug-likeness (QED) is 0.0234. The molecule has 117 heavy (non-hydrogen) atoms. The molecule has 592 valence electrons. The highest BCUT2D eigenvalue weighted by atomic mass is 19.1. The van der Waals surface area contributed by atoms with Gasteiger partial charge in [0, 0.05) is 84.1 Å². The van der Waals surface area contributed by atoms with Crippen LogP contribution in [0.25, 0.3) is 22.5 Å². The Balaban J connectivity index is 0.000000154. The zero-order chi connectivity index (χ0) is 81.6. The average molecular weight is 1570 g/mol. The molecule has 0 saturated heterocycles. The van der Waals surface area contributed by atoms with E-state index in [0.717, 1.165) is 128 Å². The molecular formula is C98H91F3N8O8. The van der Waals surface area contributed by atoms with Gasteiger partial charge in [-0.2, -0.15) is 5.21 Å². The molecule has 16 nitrogen and oxygen atoms in total. The average Bonchev–Trinajstić information content (AvgIpc) is 1.81. The number of nitrogens with one attached hydrogen (secondary N) is 1. The Morgan fingerprint density at radius 1 is 0.316 bits per heavy atom. The van der Waals surface area contributed by atoms with Gasteiger partial charge in [-0.05, 0) is 161 Å². The summed E-state index contributed by atoms with van der Waals surface area (Å²) >= 11 is 0. The van der Waals surface area contributed by atoms with E-state index in [4.69, 9.17) is 18.9 Å². The summed E-state index contributed by atoms with van der Waals surface area (Å²) in [5, 5.41) is 14.5. The number of ether oxygens (including phenoxy) is 4. The van der Waals surface area contributed by atoms with Crippen LogP contribution < -0.4 is 4.74 Å². The van der Waals surface area contributed by atoms with Gasteiger partial charge in [0.15, 0.2) is 0 Å². The van der Waals surface area contributed by atoms with E-state index in [2.05, 4.69) is 131 Å². The zero-order valence-electron chi connectivity index (χ0n) is 65.2. The van der Waals surface area contributed by atoms with Crippen LogP contribution >= 0.6 is 0 Å². The third-order valence-electron chi connectivity index (χ3n) is 19.0. The number of carbonyl (C=O) groups is 4. The molecule has 0 aliphatic heterocycles. The number of H-pyrrole nitrogens is 1. The molecule has 0 saturated carbocycles. The summed E-state index contributed by atoms with van der Waals surface area (Å²) in [6.07, 6.45) is 0. The maximum absolute atomic E-state index is 13.4. The van der Waals surface area contributed by atoms with E-state index in [1.807, 2.05) is 176 Å². The van der Waals surface area contributed by atoms with Crippen LogP contribution in [0.5, 0.6) is 5.75 Å². The van der Waals surface area contributed by atoms with Crippen molar-refractivity contribution in [2.75, 3.05) is 14.2 Å². The molecule has 0 fully saturated rings. The van der Waals surface area contributed by atoms with Crippen molar-refractivity contribution in [3.05, 3.63) is 441 Å². The third-order valence-corrected chi connectivity index (χ3v) is 19.0. The zero-order valence-corrected chi connectivity index (χ0v) is 65.2. The summed E-state index contributed by atoms with van der Waals surface area (Å²) in [7, 11) is 2.76. The molecule has 1 N–H and O–H groups in total. The molecule has 0 amide bonds. The van der Waals surface area contributed by atoms with Gasteiger partial charge in [-0.15, -0.1) is 10.2 Å². The van der Waals surface area contributed by atoms with E-state index in [9.17, 15) is 32.3 Å². The summed E-state index contributed by atoms with van der Waals surface area (Å²) in [5.41, 5.74) is 18.9. The standard InChI is InChI=1S/C28H24FN5.C25H25NO4.C23H22FNO2.C22H20FNO2/c29-25-16-12-23(13-17-25)20-34(18-21-6-2-1-3-7-21)19-22-10-14-24(15-11-22)26-8-4-5-9-27(26)28-30-32-33-31-28;1-29-24(27)22-12-8-20(9-13-22)17-26(16-19-6-4-3-5-7-19)18-21-10-14-23(15-11-21)25(28)30-2;24-23-12-10-21(11-13-23)16-25(14-19-4-2-1-3-5-19)15-20-6-8-22(9-7-20)17-27-18-26;23-21-10-6-19(7-11-21)15-24(14-18-4-2-1-3-5-18)16-20-8-12-22(13-9-20)26-17-25/h1-17H,18-20H2,(H,30,31,32,33);3-15H,16-18H2,1-2H3;1-13,18H,14-17H2;1-13,17H,14-16H2. The van der Waals surface area contributed by atoms with E-state index in [1.54, 1.807) is 36.4 Å². The number of halogens is 3. The van der Waals surface area contributed by atoms with Gasteiger partial charge in [0.1, 0.15) is 29.8 Å². The van der Waals surface area contributed by atoms with E-state index >= 15 is 0 Å². The van der Waals surface area contributed by atoms with Gasteiger partial charge < -0.3 is 18.9 Å². The Hall–Kier alpha value is -13.6. The predicted molar refractivity (Wildman–Crippen MR) is 448 cm³/mol. The molecular weight excluding hydrogens is 1470 g/mol. The second-order valence-corrected chi connectivity index (χ2v) is 27.8. The Morgan fingerprint density at radius 3 is 0.872 bits per heavy atom. The molecule has 1 heterocycles. The number of rotatable bonds is 33. The van der Waals surface area contributed by atoms with Gasteiger partial charge in [-0.25, -0.2) is 22.8 Å². The molecule has 0 radical (unpaired) electrons. The molecule has 13 aromatic carbocycles. The number of aromatic amines is 1. The van der Waals surface area contributed by atoms with Crippen molar-refractivity contribution in [3.8, 4) is 28.3 Å². The SMILES string of the molecule is COC(=O)c1ccc(CN(Cc2ccccc2)Cc2ccc(C(=O)OC)cc2)cc1.Fc1ccc(CN(Cc2ccccc2)Cc2ccc(-c3ccccc3-c3nn[nH]n3)cc2)cc1.O=COCc1ccc(CN(Cc2ccccc2)Cc2ccc(F)cc2)cc1.O=COc1ccc(CN(Cc2ccccc2)Cc2ccc(F)cc2)cc1. The number of nitrogens with zero attached hydrogens (tertiary/aromatic N) is 7. The highest BCUT2D eigenvalue weighted by molar-refractivity contribution is 5.89. The Labute approximate surface area is 681 Å². The van der Waals surface area contributed by atoms with Crippen molar-refractivity contribution in [2.45, 2.75) is 85.1 Å². The number of benzene rings is 13. The number of tetrazole rings is 1. The van der Waals surface area contributed by atoms with Crippen LogP contribution in [0.15, 0.2) is 340 Å². The van der Waals surface area contributed by atoms with E-state index in [0.29, 0.717) is 42.2 Å². The molecule has 1 aromatic heterocycles. The van der Waals surface area contributed by atoms with Crippen LogP contribution in [0.1, 0.15) is 93.0 Å². The van der Waals surface area contributed by atoms with Crippen molar-refractivity contribution in [2.24, 2.45) is 0 Å². The molecule has 14 rings (SSSR count). The van der Waals surface area contributed by atoms with Crippen LogP contribution in [-0.4, -0.2) is 79.3 Å². The van der Waals surface area contributed by atoms with Crippen LogP contribution in [0, 0.1) is 17.5 Å². The molecule has 0 atom stereocenters. The lowest BCUT2D eigenvalue weighted by Gasteiger charge is -2.23. The lowest BCUT2D eigenvalue weighted by atomic mass is 9.98. The van der Waals surface area contributed by atoms with Crippen molar-refractivity contribution in [1.82, 2.24) is 40.2 Å². The third kappa shape index (κ3) is 28.2. The van der Waals surface area contributed by atoms with Crippen molar-refractivity contribution in [1.29, 1.82) is 0 Å². The van der Waals surface area contributed by atoms with Crippen molar-refractivity contribution < 1.29 is 51.3 Å². The van der Waals surface area contributed by atoms with Crippen molar-refractivity contribution in [3.63, 3.8) is 0 Å². The van der Waals surface area contributed by atoms with E-state index in [1.165, 1.54) is 84.0 Å². The number of esters is 2. The minimum absolute atomic E-state index is 0.213. The van der Waals surface area contributed by atoms with Gasteiger partial charge in [0.25, 0.3) is 12.9 Å². The monoisotopic (exact) mass is 1560 g/mol. The van der Waals surface area contributed by atoms with Crippen LogP contribution in [0.3, 0.4) is 0 Å². The number of hydrogen-bond acceptors (Lipinski definition) is 15. The predicted octanol–water partition coefficient (Wildman–Crippen LogP) is 19.6. The number of methoxy groups -OCH3 is 2. The minimum atomic E-state index is -0.339. The van der Waals surface area contributed by atoms with Gasteiger partial charge in [-0.1, -0.05) is 267 Å². The fourth-order valence-electron chi connectivity index (χ4n) is 13.2. The lowest BCUT2D eigenvalue weighted by Crippen LogP contribution is -2.22. The number of carbonyl (C=O) groups excluding carboxylic acids is 4. The summed E-state index contributed by atoms with van der Waals surface area (Å²) in [6, 6.07) is 108. The maximum atomic E-state index is 13.4. The van der Waals surface area contributed by atoms with E-state index < -0.39 is 0 Å². The fraction of sp³-hybridized carbons (Fsp3) is 0.153. The first-order chi connectivity index (χ1) is 57.3. The Morgan fingerprint density at radius 2 is 0.581 bits per heavy atom. The molecule has 0 aliphatic carbocycles. The summed E-state index contributed by atoms with van der Waals surface area (Å²) in [4.78, 5) is 53.3. The molecule has 0 unspecified atom stereocenters. The van der Waals surface area contributed by atoms with Gasteiger partial charge in [-0.3, -0.25) is 29.2 Å². The first-order valence-electron chi connectivity index (χ1n) is 38.2. The summed E-state index contributed by atoms with van der Waals surface area (Å²) in [6.45, 7) is 10.2. The molecule has 0 spiro atoms. The van der Waals surface area contributed by atoms with Crippen LogP contribution in [-0.2, 0) is 109 Å². The highest BCUT2D eigenvalue weighted by Crippen LogP contribution is 2.31. The number of aromatic nitrogens is 4. The first kappa shape index (κ1) is 84.4. The van der Waals surface area contributed by atoms with Crippen LogP contribution in [0.4, 0.5) is 13.2 Å². The number of hydrogen-bond donors (Lipinski definition) is 1. The topological polar surface area (TPSA) is 173 Å². The molecule has 19 heteroatoms. The van der Waals surface area contributed by atoms with Crippen LogP contribution in [0.2, 0.25) is 0 Å². The fourth-order valence-corrected chi connectivity index (χ4v) is 13.2. The Kier molecular flexibility index (Phi) is 32.7. The van der Waals surface area contributed by atoms with Gasteiger partial charge in [0.2, 0.25) is 5.82 Å². The second kappa shape index (κ2) is 45.4. The summed E-state index contributed by atoms with van der Waals surface area (Å²) in [5.74, 6) is -0.239. The van der Waals surface area contributed by atoms with Gasteiger partial charge >= 0.3 is 11.9 Å². The first-order valence-corrected chi connectivity index (χ1v) is 38.2. The smallest absolute Gasteiger partial charge is 0.337 e. The highest BCUT2D eigenvalue weighted by Gasteiger charge is 2.17.